The molecule has 18 heavy (non-hydrogen) atoms. The van der Waals surface area contributed by atoms with E-state index in [0.29, 0.717) is 12.1 Å². The van der Waals surface area contributed by atoms with E-state index in [9.17, 15) is 9.59 Å². The molecule has 0 spiro atoms. The van der Waals surface area contributed by atoms with Crippen molar-refractivity contribution in [3.8, 4) is 0 Å². The first-order valence-electron chi connectivity index (χ1n) is 5.52. The molecule has 0 fully saturated rings. The van der Waals surface area contributed by atoms with Crippen LogP contribution in [0.25, 0.3) is 0 Å². The van der Waals surface area contributed by atoms with Crippen LogP contribution in [-0.4, -0.2) is 20.7 Å². The molecule has 0 aliphatic rings. The number of rotatable bonds is 3. The Kier molecular flexibility index (Phi) is 3.27. The molecule has 0 aromatic carbocycles. The van der Waals surface area contributed by atoms with Gasteiger partial charge in [-0.1, -0.05) is 0 Å². The Morgan fingerprint density at radius 2 is 2.33 bits per heavy atom. The molecule has 2 aromatic heterocycles. The molecule has 0 bridgehead atoms. The van der Waals surface area contributed by atoms with Gasteiger partial charge in [-0.15, -0.1) is 0 Å². The Labute approximate surface area is 104 Å². The number of aromatic amines is 1. The minimum atomic E-state index is -0.291. The van der Waals surface area contributed by atoms with Gasteiger partial charge in [0.2, 0.25) is 5.56 Å². The molecule has 2 rings (SSSR count). The Bertz CT molecular complexity index is 627. The topological polar surface area (TPSA) is 79.8 Å². The second-order valence-corrected chi connectivity index (χ2v) is 4.04. The van der Waals surface area contributed by atoms with Crippen LogP contribution in [0.2, 0.25) is 0 Å². The maximum absolute atomic E-state index is 11.8. The predicted molar refractivity (Wildman–Crippen MR) is 66.2 cm³/mol. The van der Waals surface area contributed by atoms with Crippen LogP contribution in [0.4, 0.5) is 0 Å². The summed E-state index contributed by atoms with van der Waals surface area (Å²) in [5.41, 5.74) is 1.89. The molecule has 0 aliphatic heterocycles. The standard InChI is InChI=1S/C12H14N4O2/c1-8-10(7-16(2)15-8)6-14-12(18)9-3-4-13-11(17)5-9/h3-5,7H,6H2,1-2H3,(H,13,17)(H,14,18). The minimum Gasteiger partial charge on any atom is -0.348 e. The van der Waals surface area contributed by atoms with Gasteiger partial charge in [0.15, 0.2) is 0 Å². The number of hydrogen-bond donors (Lipinski definition) is 2. The third kappa shape index (κ3) is 2.65. The summed E-state index contributed by atoms with van der Waals surface area (Å²) < 4.78 is 1.70. The lowest BCUT2D eigenvalue weighted by molar-refractivity contribution is 0.0950. The zero-order valence-electron chi connectivity index (χ0n) is 10.2. The van der Waals surface area contributed by atoms with E-state index in [0.717, 1.165) is 11.3 Å². The number of nitrogens with zero attached hydrogens (tertiary/aromatic N) is 2. The van der Waals surface area contributed by atoms with Crippen LogP contribution < -0.4 is 10.9 Å². The Balaban J connectivity index is 2.05. The largest absolute Gasteiger partial charge is 0.348 e. The first-order chi connectivity index (χ1) is 8.56. The van der Waals surface area contributed by atoms with Gasteiger partial charge in [-0.2, -0.15) is 5.10 Å². The lowest BCUT2D eigenvalue weighted by atomic mass is 10.2. The summed E-state index contributed by atoms with van der Waals surface area (Å²) in [4.78, 5) is 25.3. The SMILES string of the molecule is Cc1nn(C)cc1CNC(=O)c1cc[nH]c(=O)c1. The Morgan fingerprint density at radius 1 is 1.56 bits per heavy atom. The van der Waals surface area contributed by atoms with E-state index in [2.05, 4.69) is 15.4 Å². The van der Waals surface area contributed by atoms with Crippen molar-refractivity contribution < 1.29 is 4.79 Å². The molecule has 2 N–H and O–H groups in total. The van der Waals surface area contributed by atoms with Gasteiger partial charge < -0.3 is 10.3 Å². The molecule has 0 saturated heterocycles. The highest BCUT2D eigenvalue weighted by Crippen LogP contribution is 2.04. The minimum absolute atomic E-state index is 0.274. The summed E-state index contributed by atoms with van der Waals surface area (Å²) in [5, 5.41) is 6.94. The third-order valence-electron chi connectivity index (χ3n) is 2.59. The fourth-order valence-electron chi connectivity index (χ4n) is 1.69. The summed E-state index contributed by atoms with van der Waals surface area (Å²) in [6.07, 6.45) is 3.31. The number of H-pyrrole nitrogens is 1. The molecular formula is C12H14N4O2. The highest BCUT2D eigenvalue weighted by molar-refractivity contribution is 5.93. The number of aromatic nitrogens is 3. The fourth-order valence-corrected chi connectivity index (χ4v) is 1.69. The van der Waals surface area contributed by atoms with Crippen LogP contribution in [0.5, 0.6) is 0 Å². The van der Waals surface area contributed by atoms with E-state index in [4.69, 9.17) is 0 Å². The second-order valence-electron chi connectivity index (χ2n) is 4.04. The molecule has 94 valence electrons. The van der Waals surface area contributed by atoms with Gasteiger partial charge in [-0.25, -0.2) is 0 Å². The van der Waals surface area contributed by atoms with E-state index >= 15 is 0 Å². The molecule has 2 aromatic rings. The van der Waals surface area contributed by atoms with E-state index in [-0.39, 0.29) is 11.5 Å². The molecule has 0 saturated carbocycles. The van der Waals surface area contributed by atoms with Gasteiger partial charge in [-0.3, -0.25) is 14.3 Å². The van der Waals surface area contributed by atoms with Crippen LogP contribution >= 0.6 is 0 Å². The maximum atomic E-state index is 11.8. The summed E-state index contributed by atoms with van der Waals surface area (Å²) in [6.45, 7) is 2.28. The summed E-state index contributed by atoms with van der Waals surface area (Å²) in [5.74, 6) is -0.274. The van der Waals surface area contributed by atoms with Crippen molar-refractivity contribution in [1.29, 1.82) is 0 Å². The number of aryl methyl sites for hydroxylation is 2. The number of carbonyl (C=O) groups is 1. The monoisotopic (exact) mass is 246 g/mol. The van der Waals surface area contributed by atoms with E-state index in [1.54, 1.807) is 10.7 Å². The quantitative estimate of drug-likeness (QED) is 0.820. The summed E-state index contributed by atoms with van der Waals surface area (Å²) >= 11 is 0. The van der Waals surface area contributed by atoms with Crippen LogP contribution in [0, 0.1) is 6.92 Å². The number of amides is 1. The van der Waals surface area contributed by atoms with Crippen molar-refractivity contribution in [2.24, 2.45) is 7.05 Å². The Morgan fingerprint density at radius 3 is 2.94 bits per heavy atom. The normalized spacial score (nSPS) is 10.3. The smallest absolute Gasteiger partial charge is 0.251 e. The van der Waals surface area contributed by atoms with Gasteiger partial charge in [0.05, 0.1) is 5.69 Å². The zero-order valence-corrected chi connectivity index (χ0v) is 10.2. The highest BCUT2D eigenvalue weighted by Gasteiger charge is 2.08. The lowest BCUT2D eigenvalue weighted by Crippen LogP contribution is -2.24. The van der Waals surface area contributed by atoms with Crippen molar-refractivity contribution in [1.82, 2.24) is 20.1 Å². The first-order valence-corrected chi connectivity index (χ1v) is 5.52. The van der Waals surface area contributed by atoms with Gasteiger partial charge >= 0.3 is 0 Å². The summed E-state index contributed by atoms with van der Waals surface area (Å²) in [7, 11) is 1.83. The van der Waals surface area contributed by atoms with E-state index in [1.165, 1.54) is 12.3 Å². The van der Waals surface area contributed by atoms with E-state index in [1.807, 2.05) is 20.2 Å². The van der Waals surface area contributed by atoms with Gasteiger partial charge in [0.1, 0.15) is 0 Å². The molecule has 0 radical (unpaired) electrons. The third-order valence-corrected chi connectivity index (χ3v) is 2.59. The highest BCUT2D eigenvalue weighted by atomic mass is 16.2. The molecule has 6 heteroatoms. The average molecular weight is 246 g/mol. The first kappa shape index (κ1) is 12.1. The number of carbonyl (C=O) groups excluding carboxylic acids is 1. The number of nitrogens with one attached hydrogen (secondary N) is 2. The van der Waals surface area contributed by atoms with Crippen molar-refractivity contribution >= 4 is 5.91 Å². The average Bonchev–Trinajstić information content (AvgIpc) is 2.65. The molecule has 0 aliphatic carbocycles. The Hall–Kier alpha value is -2.37. The zero-order chi connectivity index (χ0) is 13.1. The van der Waals surface area contributed by atoms with Crippen LogP contribution in [0.1, 0.15) is 21.6 Å². The van der Waals surface area contributed by atoms with Crippen molar-refractivity contribution in [3.63, 3.8) is 0 Å². The van der Waals surface area contributed by atoms with Gasteiger partial charge in [-0.05, 0) is 13.0 Å². The molecule has 1 amide bonds. The second kappa shape index (κ2) is 4.87. The molecular weight excluding hydrogens is 232 g/mol. The van der Waals surface area contributed by atoms with Crippen molar-refractivity contribution in [2.45, 2.75) is 13.5 Å². The van der Waals surface area contributed by atoms with Crippen LogP contribution in [0.15, 0.2) is 29.3 Å². The number of pyridine rings is 1. The molecule has 0 atom stereocenters. The maximum Gasteiger partial charge on any atom is 0.251 e. The van der Waals surface area contributed by atoms with Crippen LogP contribution in [0.3, 0.4) is 0 Å². The summed E-state index contributed by atoms with van der Waals surface area (Å²) in [6, 6.07) is 2.83. The van der Waals surface area contributed by atoms with Crippen molar-refractivity contribution in [2.75, 3.05) is 0 Å². The predicted octanol–water partition coefficient (Wildman–Crippen LogP) is 0.347. The molecule has 0 unspecified atom stereocenters. The molecule has 2 heterocycles. The lowest BCUT2D eigenvalue weighted by Gasteiger charge is -2.03. The fraction of sp³-hybridized carbons (Fsp3) is 0.250. The van der Waals surface area contributed by atoms with Gasteiger partial charge in [0, 0.05) is 43.2 Å². The number of hydrogen-bond acceptors (Lipinski definition) is 3. The van der Waals surface area contributed by atoms with E-state index < -0.39 is 0 Å². The van der Waals surface area contributed by atoms with Gasteiger partial charge in [0.25, 0.3) is 5.91 Å². The molecule has 6 nitrogen and oxygen atoms in total. The van der Waals surface area contributed by atoms with Crippen molar-refractivity contribution in [3.05, 3.63) is 51.7 Å². The van der Waals surface area contributed by atoms with Crippen LogP contribution in [-0.2, 0) is 13.6 Å².